The summed E-state index contributed by atoms with van der Waals surface area (Å²) in [6.45, 7) is 1.25. The van der Waals surface area contributed by atoms with Gasteiger partial charge in [-0.1, -0.05) is 11.6 Å². The average Bonchev–Trinajstić information content (AvgIpc) is 2.74. The molecular weight excluding hydrogens is 434 g/mol. The summed E-state index contributed by atoms with van der Waals surface area (Å²) < 4.78 is 17.5. The van der Waals surface area contributed by atoms with Crippen LogP contribution in [0.2, 0.25) is 5.02 Å². The van der Waals surface area contributed by atoms with Crippen LogP contribution in [0.3, 0.4) is 0 Å². The summed E-state index contributed by atoms with van der Waals surface area (Å²) in [6.07, 6.45) is 9.19. The van der Waals surface area contributed by atoms with E-state index < -0.39 is 10.8 Å². The Kier molecular flexibility index (Phi) is 7.60. The number of aliphatic hydroxyl groups is 1. The molecular formula is C24H34ClNO4S. The Morgan fingerprint density at radius 1 is 1.13 bits per heavy atom. The molecule has 0 spiro atoms. The van der Waals surface area contributed by atoms with E-state index in [-0.39, 0.29) is 17.9 Å². The van der Waals surface area contributed by atoms with Gasteiger partial charge in [-0.05, 0) is 92.7 Å². The minimum atomic E-state index is -0.926. The lowest BCUT2D eigenvalue weighted by Crippen LogP contribution is -2.51. The van der Waals surface area contributed by atoms with Gasteiger partial charge in [0, 0.05) is 35.5 Å². The summed E-state index contributed by atoms with van der Waals surface area (Å²) in [5.74, 6) is 4.13. The van der Waals surface area contributed by atoms with Gasteiger partial charge in [0.25, 0.3) is 5.91 Å². The summed E-state index contributed by atoms with van der Waals surface area (Å²) in [5.41, 5.74) is 0.742. The predicted octanol–water partition coefficient (Wildman–Crippen LogP) is 4.19. The number of amides is 1. The normalized spacial score (nSPS) is 29.7. The van der Waals surface area contributed by atoms with Crippen molar-refractivity contribution in [1.82, 2.24) is 5.32 Å². The molecule has 4 aliphatic rings. The summed E-state index contributed by atoms with van der Waals surface area (Å²) in [5, 5.41) is 12.4. The molecule has 172 valence electrons. The highest BCUT2D eigenvalue weighted by Gasteiger charge is 2.50. The summed E-state index contributed by atoms with van der Waals surface area (Å²) >= 11 is 6.32. The lowest BCUT2D eigenvalue weighted by Gasteiger charge is -2.56. The molecule has 2 N–H and O–H groups in total. The molecule has 1 aromatic carbocycles. The number of nitrogens with one attached hydrogen (secondary N) is 1. The molecule has 7 heteroatoms. The third-order valence-electron chi connectivity index (χ3n) is 7.29. The first kappa shape index (κ1) is 23.1. The van der Waals surface area contributed by atoms with Crippen LogP contribution in [0.1, 0.15) is 61.7 Å². The summed E-state index contributed by atoms with van der Waals surface area (Å²) in [7, 11) is -0.926. The van der Waals surface area contributed by atoms with Crippen molar-refractivity contribution in [3.05, 3.63) is 28.8 Å². The van der Waals surface area contributed by atoms with Gasteiger partial charge in [0.15, 0.2) is 0 Å². The van der Waals surface area contributed by atoms with E-state index in [0.717, 1.165) is 24.3 Å². The van der Waals surface area contributed by atoms with E-state index in [0.29, 0.717) is 47.3 Å². The minimum absolute atomic E-state index is 0.0702. The maximum absolute atomic E-state index is 12.9. The maximum Gasteiger partial charge on any atom is 0.252 e. The molecule has 4 aliphatic carbocycles. The second kappa shape index (κ2) is 10.2. The maximum atomic E-state index is 12.9. The molecule has 1 aromatic rings. The fourth-order valence-electron chi connectivity index (χ4n) is 6.38. The van der Waals surface area contributed by atoms with Crippen LogP contribution in [-0.4, -0.2) is 46.5 Å². The third kappa shape index (κ3) is 5.82. The van der Waals surface area contributed by atoms with Crippen molar-refractivity contribution in [3.63, 3.8) is 0 Å². The quantitative estimate of drug-likeness (QED) is 0.478. The Balaban J connectivity index is 1.28. The molecule has 1 unspecified atom stereocenters. The van der Waals surface area contributed by atoms with Gasteiger partial charge < -0.3 is 15.2 Å². The van der Waals surface area contributed by atoms with E-state index in [2.05, 4.69) is 5.32 Å². The zero-order chi connectivity index (χ0) is 21.8. The first-order valence-electron chi connectivity index (χ1n) is 11.6. The van der Waals surface area contributed by atoms with Crippen molar-refractivity contribution in [2.75, 3.05) is 31.3 Å². The standard InChI is InChI=1S/C24H34ClNO4S/c25-22-4-3-20(30-6-2-8-31(29)7-1-5-27)12-21(22)23(28)26-16-24-13-17-9-18(14-24)11-19(10-17)15-24/h3-4,12,17-19,27H,1-2,5-11,13-16H2,(H,26,28). The molecule has 1 amide bonds. The molecule has 0 aromatic heterocycles. The van der Waals surface area contributed by atoms with E-state index >= 15 is 0 Å². The average molecular weight is 468 g/mol. The number of carbonyl (C=O) groups excluding carboxylic acids is 1. The van der Waals surface area contributed by atoms with Crippen LogP contribution in [0.25, 0.3) is 0 Å². The monoisotopic (exact) mass is 467 g/mol. The molecule has 5 nitrogen and oxygen atoms in total. The van der Waals surface area contributed by atoms with Crippen molar-refractivity contribution in [2.24, 2.45) is 23.2 Å². The first-order chi connectivity index (χ1) is 15.0. The third-order valence-corrected chi connectivity index (χ3v) is 9.10. The molecule has 4 bridgehead atoms. The smallest absolute Gasteiger partial charge is 0.252 e. The Labute approximate surface area is 192 Å². The number of rotatable bonds is 11. The van der Waals surface area contributed by atoms with Gasteiger partial charge in [-0.25, -0.2) is 0 Å². The van der Waals surface area contributed by atoms with E-state index in [1.807, 2.05) is 0 Å². The number of halogens is 1. The molecule has 5 rings (SSSR count). The number of hydrogen-bond acceptors (Lipinski definition) is 4. The van der Waals surface area contributed by atoms with Gasteiger partial charge in [0.2, 0.25) is 0 Å². The second-order valence-electron chi connectivity index (χ2n) is 9.87. The van der Waals surface area contributed by atoms with Crippen LogP contribution in [0.15, 0.2) is 18.2 Å². The molecule has 0 radical (unpaired) electrons. The molecule has 4 saturated carbocycles. The van der Waals surface area contributed by atoms with Crippen LogP contribution < -0.4 is 10.1 Å². The highest BCUT2D eigenvalue weighted by molar-refractivity contribution is 7.84. The predicted molar refractivity (Wildman–Crippen MR) is 124 cm³/mol. The van der Waals surface area contributed by atoms with Gasteiger partial charge >= 0.3 is 0 Å². The Bertz CT molecular complexity index is 779. The number of carbonyl (C=O) groups is 1. The molecule has 0 saturated heterocycles. The number of aliphatic hydroxyl groups excluding tert-OH is 1. The van der Waals surface area contributed by atoms with Gasteiger partial charge in [-0.15, -0.1) is 0 Å². The Morgan fingerprint density at radius 2 is 1.77 bits per heavy atom. The Hall–Kier alpha value is -1.11. The molecule has 4 fully saturated rings. The molecule has 0 aliphatic heterocycles. The Morgan fingerprint density at radius 3 is 2.42 bits per heavy atom. The summed E-state index contributed by atoms with van der Waals surface area (Å²) in [4.78, 5) is 12.9. The fourth-order valence-corrected chi connectivity index (χ4v) is 7.67. The van der Waals surface area contributed by atoms with Crippen molar-refractivity contribution in [2.45, 2.75) is 51.4 Å². The number of benzene rings is 1. The first-order valence-corrected chi connectivity index (χ1v) is 13.5. The summed E-state index contributed by atoms with van der Waals surface area (Å²) in [6, 6.07) is 5.18. The van der Waals surface area contributed by atoms with E-state index in [1.54, 1.807) is 18.2 Å². The van der Waals surface area contributed by atoms with Crippen LogP contribution in [0.5, 0.6) is 5.75 Å². The van der Waals surface area contributed by atoms with Gasteiger partial charge in [0.05, 0.1) is 17.2 Å². The van der Waals surface area contributed by atoms with Crippen LogP contribution in [0, 0.1) is 23.2 Å². The lowest BCUT2D eigenvalue weighted by molar-refractivity contribution is -0.0503. The zero-order valence-electron chi connectivity index (χ0n) is 18.1. The van der Waals surface area contributed by atoms with Crippen molar-refractivity contribution >= 4 is 28.3 Å². The van der Waals surface area contributed by atoms with Gasteiger partial charge in [-0.2, -0.15) is 0 Å². The molecule has 31 heavy (non-hydrogen) atoms. The molecule has 0 heterocycles. The fraction of sp³-hybridized carbons (Fsp3) is 0.708. The van der Waals surface area contributed by atoms with Crippen molar-refractivity contribution in [3.8, 4) is 5.75 Å². The largest absolute Gasteiger partial charge is 0.494 e. The van der Waals surface area contributed by atoms with Gasteiger partial charge in [-0.3, -0.25) is 9.00 Å². The van der Waals surface area contributed by atoms with Crippen LogP contribution >= 0.6 is 11.6 Å². The SMILES string of the molecule is O=C(NCC12CC3CC(CC(C3)C1)C2)c1cc(OCCCS(=O)CCCO)ccc1Cl. The lowest BCUT2D eigenvalue weighted by atomic mass is 9.49. The topological polar surface area (TPSA) is 75.6 Å². The minimum Gasteiger partial charge on any atom is -0.494 e. The highest BCUT2D eigenvalue weighted by Crippen LogP contribution is 2.59. The van der Waals surface area contributed by atoms with E-state index in [1.165, 1.54) is 38.5 Å². The molecule has 1 atom stereocenters. The van der Waals surface area contributed by atoms with Crippen molar-refractivity contribution in [1.29, 1.82) is 0 Å². The number of hydrogen-bond donors (Lipinski definition) is 2. The van der Waals surface area contributed by atoms with Crippen molar-refractivity contribution < 1.29 is 18.8 Å². The zero-order valence-corrected chi connectivity index (χ0v) is 19.7. The highest BCUT2D eigenvalue weighted by atomic mass is 35.5. The van der Waals surface area contributed by atoms with E-state index in [4.69, 9.17) is 21.4 Å². The van der Waals surface area contributed by atoms with Gasteiger partial charge in [0.1, 0.15) is 5.75 Å². The second-order valence-corrected chi connectivity index (χ2v) is 12.0. The number of ether oxygens (including phenoxy) is 1. The van der Waals surface area contributed by atoms with Crippen LogP contribution in [-0.2, 0) is 10.8 Å². The van der Waals surface area contributed by atoms with Crippen LogP contribution in [0.4, 0.5) is 0 Å². The van der Waals surface area contributed by atoms with E-state index in [9.17, 15) is 9.00 Å².